The maximum Gasteiger partial charge on any atom is 0.407 e. The number of carbonyl (C=O) groups excluding carboxylic acids is 2. The molecule has 1 aliphatic heterocycles. The van der Waals surface area contributed by atoms with Crippen molar-refractivity contribution in [1.29, 1.82) is 0 Å². The van der Waals surface area contributed by atoms with E-state index in [0.29, 0.717) is 30.2 Å². The highest BCUT2D eigenvalue weighted by Gasteiger charge is 2.34. The highest BCUT2D eigenvalue weighted by atomic mass is 16.6. The molecule has 3 aromatic rings. The smallest absolute Gasteiger partial charge is 0.407 e. The fraction of sp³-hybridized carbons (Fsp3) is 0.391. The number of ether oxygens (including phenoxy) is 3. The van der Waals surface area contributed by atoms with Crippen LogP contribution in [0.15, 0.2) is 36.5 Å². The number of hydrogen-bond acceptors (Lipinski definition) is 7. The number of nitrogens with one attached hydrogen (secondary N) is 1. The number of carbonyl (C=O) groups is 2. The zero-order chi connectivity index (χ0) is 23.8. The van der Waals surface area contributed by atoms with E-state index >= 15 is 0 Å². The quantitative estimate of drug-likeness (QED) is 0.633. The third-order valence-electron chi connectivity index (χ3n) is 5.15. The maximum atomic E-state index is 12.9. The molecule has 0 saturated carbocycles. The summed E-state index contributed by atoms with van der Waals surface area (Å²) in [4.78, 5) is 30.8. The van der Waals surface area contributed by atoms with Crippen LogP contribution in [0.2, 0.25) is 0 Å². The fourth-order valence-corrected chi connectivity index (χ4v) is 3.59. The average Bonchev–Trinajstić information content (AvgIpc) is 3.18. The molecule has 0 bridgehead atoms. The van der Waals surface area contributed by atoms with Gasteiger partial charge >= 0.3 is 6.09 Å². The predicted octanol–water partition coefficient (Wildman–Crippen LogP) is 2.76. The number of benzene rings is 1. The Kier molecular flexibility index (Phi) is 5.84. The number of aromatic nitrogens is 3. The molecule has 10 nitrogen and oxygen atoms in total. The van der Waals surface area contributed by atoms with Crippen molar-refractivity contribution >= 4 is 17.6 Å². The molecule has 0 atom stereocenters. The molecule has 10 heteroatoms. The van der Waals surface area contributed by atoms with Gasteiger partial charge in [-0.2, -0.15) is 5.10 Å². The van der Waals surface area contributed by atoms with Crippen molar-refractivity contribution in [1.82, 2.24) is 24.8 Å². The maximum absolute atomic E-state index is 12.9. The number of likely N-dealkylation sites (tertiary alicyclic amines) is 1. The second-order valence-electron chi connectivity index (χ2n) is 8.75. The molecular formula is C23H27N5O5. The van der Waals surface area contributed by atoms with Gasteiger partial charge in [-0.1, -0.05) is 0 Å². The molecule has 1 saturated heterocycles. The van der Waals surface area contributed by atoms with Crippen molar-refractivity contribution in [3.05, 3.63) is 42.2 Å². The van der Waals surface area contributed by atoms with Crippen LogP contribution < -0.4 is 14.8 Å². The molecule has 1 N–H and O–H groups in total. The molecule has 0 aliphatic carbocycles. The van der Waals surface area contributed by atoms with Crippen molar-refractivity contribution in [3.63, 3.8) is 0 Å². The van der Waals surface area contributed by atoms with E-state index < -0.39 is 11.7 Å². The second-order valence-corrected chi connectivity index (χ2v) is 8.75. The molecule has 1 aromatic carbocycles. The average molecular weight is 453 g/mol. The molecule has 0 unspecified atom stereocenters. The summed E-state index contributed by atoms with van der Waals surface area (Å²) < 4.78 is 17.6. The number of rotatable bonds is 5. The van der Waals surface area contributed by atoms with Gasteiger partial charge in [0.1, 0.15) is 5.60 Å². The summed E-state index contributed by atoms with van der Waals surface area (Å²) >= 11 is 0. The van der Waals surface area contributed by atoms with E-state index in [4.69, 9.17) is 14.2 Å². The largest absolute Gasteiger partial charge is 0.493 e. The first-order chi connectivity index (χ1) is 15.7. The first kappa shape index (κ1) is 22.4. The van der Waals surface area contributed by atoms with E-state index in [1.807, 2.05) is 24.3 Å². The molecule has 4 rings (SSSR count). The highest BCUT2D eigenvalue weighted by Crippen LogP contribution is 2.32. The Hall–Kier alpha value is -3.82. The van der Waals surface area contributed by atoms with Crippen LogP contribution in [0.4, 0.5) is 4.79 Å². The fourth-order valence-electron chi connectivity index (χ4n) is 3.59. The summed E-state index contributed by atoms with van der Waals surface area (Å²) in [5.41, 5.74) is 1.86. The van der Waals surface area contributed by atoms with Crippen LogP contribution in [0.3, 0.4) is 0 Å². The van der Waals surface area contributed by atoms with Crippen LogP contribution in [0.1, 0.15) is 31.3 Å². The molecule has 0 radical (unpaired) electrons. The number of nitrogens with zero attached hydrogens (tertiary/aromatic N) is 4. The Morgan fingerprint density at radius 3 is 2.45 bits per heavy atom. The summed E-state index contributed by atoms with van der Waals surface area (Å²) in [6.07, 6.45) is 1.18. The predicted molar refractivity (Wildman–Crippen MR) is 121 cm³/mol. The van der Waals surface area contributed by atoms with Gasteiger partial charge in [-0.15, -0.1) is 0 Å². The summed E-state index contributed by atoms with van der Waals surface area (Å²) in [6, 6.07) is 8.87. The lowest BCUT2D eigenvalue weighted by Crippen LogP contribution is -2.61. The zero-order valence-corrected chi connectivity index (χ0v) is 19.3. The third-order valence-corrected chi connectivity index (χ3v) is 5.15. The van der Waals surface area contributed by atoms with Gasteiger partial charge in [0.25, 0.3) is 5.91 Å². The summed E-state index contributed by atoms with van der Waals surface area (Å²) in [5.74, 6) is 0.990. The van der Waals surface area contributed by atoms with E-state index in [2.05, 4.69) is 15.4 Å². The lowest BCUT2D eigenvalue weighted by molar-refractivity contribution is 0.0357. The first-order valence-electron chi connectivity index (χ1n) is 10.5. The van der Waals surface area contributed by atoms with Crippen LogP contribution in [-0.4, -0.2) is 70.5 Å². The third kappa shape index (κ3) is 4.69. The van der Waals surface area contributed by atoms with Gasteiger partial charge in [-0.3, -0.25) is 4.79 Å². The monoisotopic (exact) mass is 453 g/mol. The van der Waals surface area contributed by atoms with Gasteiger partial charge in [-0.05, 0) is 45.0 Å². The van der Waals surface area contributed by atoms with Crippen molar-refractivity contribution in [3.8, 4) is 22.8 Å². The number of hydrogen-bond donors (Lipinski definition) is 1. The van der Waals surface area contributed by atoms with E-state index in [9.17, 15) is 9.59 Å². The van der Waals surface area contributed by atoms with Gasteiger partial charge < -0.3 is 24.4 Å². The topological polar surface area (TPSA) is 107 Å². The van der Waals surface area contributed by atoms with Crippen LogP contribution in [-0.2, 0) is 4.74 Å². The minimum atomic E-state index is -0.571. The first-order valence-corrected chi connectivity index (χ1v) is 10.5. The van der Waals surface area contributed by atoms with Crippen LogP contribution >= 0.6 is 0 Å². The molecular weight excluding hydrogens is 426 g/mol. The number of amides is 2. The minimum Gasteiger partial charge on any atom is -0.493 e. The van der Waals surface area contributed by atoms with Gasteiger partial charge in [0, 0.05) is 30.9 Å². The van der Waals surface area contributed by atoms with Crippen LogP contribution in [0.25, 0.3) is 16.9 Å². The van der Waals surface area contributed by atoms with Crippen LogP contribution in [0, 0.1) is 0 Å². The Morgan fingerprint density at radius 2 is 1.79 bits per heavy atom. The second kappa shape index (κ2) is 8.61. The van der Waals surface area contributed by atoms with E-state index in [-0.39, 0.29) is 17.6 Å². The molecule has 2 aromatic heterocycles. The lowest BCUT2D eigenvalue weighted by atomic mass is 10.1. The summed E-state index contributed by atoms with van der Waals surface area (Å²) in [5, 5.41) is 7.27. The molecule has 1 aliphatic rings. The molecule has 33 heavy (non-hydrogen) atoms. The van der Waals surface area contributed by atoms with Crippen molar-refractivity contribution in [2.45, 2.75) is 32.4 Å². The van der Waals surface area contributed by atoms with Gasteiger partial charge in [0.05, 0.1) is 26.0 Å². The van der Waals surface area contributed by atoms with Gasteiger partial charge in [0.2, 0.25) is 0 Å². The molecule has 0 spiro atoms. The van der Waals surface area contributed by atoms with Gasteiger partial charge in [-0.25, -0.2) is 14.3 Å². The number of alkyl carbamates (subject to hydrolysis) is 1. The molecule has 3 heterocycles. The Bertz CT molecular complexity index is 1190. The van der Waals surface area contributed by atoms with Crippen molar-refractivity contribution in [2.24, 2.45) is 0 Å². The number of fused-ring (bicyclic) bond motifs is 1. The highest BCUT2D eigenvalue weighted by molar-refractivity contribution is 5.94. The Morgan fingerprint density at radius 1 is 1.06 bits per heavy atom. The van der Waals surface area contributed by atoms with Crippen LogP contribution in [0.5, 0.6) is 11.5 Å². The SMILES string of the molecule is COc1ccc(-c2ccnc3cc(C(=O)N4CC(NC(=O)OC(C)(C)C)C4)nn23)cc1OC. The Balaban J connectivity index is 1.50. The molecule has 174 valence electrons. The normalized spacial score (nSPS) is 14.0. The zero-order valence-electron chi connectivity index (χ0n) is 19.3. The Labute approximate surface area is 191 Å². The number of methoxy groups -OCH3 is 2. The summed E-state index contributed by atoms with van der Waals surface area (Å²) in [6.45, 7) is 6.19. The van der Waals surface area contributed by atoms with E-state index in [1.54, 1.807) is 56.7 Å². The standard InChI is InChI=1S/C23H27N5O5/c1-23(2,3)33-22(30)25-15-12-27(13-15)21(29)16-11-20-24-9-8-17(28(20)26-16)14-6-7-18(31-4)19(10-14)32-5/h6-11,15H,12-13H2,1-5H3,(H,25,30). The molecule has 1 fully saturated rings. The van der Waals surface area contributed by atoms with Crippen molar-refractivity contribution in [2.75, 3.05) is 27.3 Å². The molecule has 2 amide bonds. The van der Waals surface area contributed by atoms with Gasteiger partial charge in [0.15, 0.2) is 22.8 Å². The van der Waals surface area contributed by atoms with Crippen molar-refractivity contribution < 1.29 is 23.8 Å². The lowest BCUT2D eigenvalue weighted by Gasteiger charge is -2.39. The summed E-state index contributed by atoms with van der Waals surface area (Å²) in [7, 11) is 3.16. The minimum absolute atomic E-state index is 0.152. The van der Waals surface area contributed by atoms with E-state index in [1.165, 1.54) is 0 Å². The van der Waals surface area contributed by atoms with E-state index in [0.717, 1.165) is 11.3 Å².